The van der Waals surface area contributed by atoms with Crippen molar-refractivity contribution in [3.8, 4) is 0 Å². The van der Waals surface area contributed by atoms with Gasteiger partial charge in [0, 0.05) is 32.3 Å². The molecule has 0 atom stereocenters. The Balaban J connectivity index is 3.61. The lowest BCUT2D eigenvalue weighted by atomic mass is 10.2. The van der Waals surface area contributed by atoms with Crippen LogP contribution in [0.4, 0.5) is 0 Å². The highest BCUT2D eigenvalue weighted by atomic mass is 16.5. The van der Waals surface area contributed by atoms with Crippen molar-refractivity contribution in [3.63, 3.8) is 0 Å². The van der Waals surface area contributed by atoms with Crippen molar-refractivity contribution in [1.82, 2.24) is 15.6 Å². The maximum atomic E-state index is 5.43. The summed E-state index contributed by atoms with van der Waals surface area (Å²) < 4.78 is 5.26. The highest BCUT2D eigenvalue weighted by molar-refractivity contribution is 5.79. The molecule has 0 amide bonds. The van der Waals surface area contributed by atoms with Crippen molar-refractivity contribution in [3.05, 3.63) is 0 Å². The van der Waals surface area contributed by atoms with Gasteiger partial charge in [0.2, 0.25) is 5.96 Å². The molecule has 0 aromatic rings. The van der Waals surface area contributed by atoms with Crippen LogP contribution in [0.25, 0.3) is 0 Å². The Morgan fingerprint density at radius 1 is 1.30 bits per heavy atom. The van der Waals surface area contributed by atoms with E-state index in [0.717, 1.165) is 45.7 Å². The van der Waals surface area contributed by atoms with E-state index in [1.807, 2.05) is 6.92 Å². The molecule has 0 saturated heterocycles. The predicted molar refractivity (Wildman–Crippen MR) is 85.7 cm³/mol. The summed E-state index contributed by atoms with van der Waals surface area (Å²) in [6.07, 6.45) is 3.19. The van der Waals surface area contributed by atoms with Gasteiger partial charge in [0.25, 0.3) is 0 Å². The second-order valence-electron chi connectivity index (χ2n) is 5.13. The number of nitrogens with zero attached hydrogens (tertiary/aromatic N) is 2. The number of hydrogen-bond acceptors (Lipinski definition) is 4. The van der Waals surface area contributed by atoms with Gasteiger partial charge in [-0.2, -0.15) is 0 Å². The number of unbranched alkanes of at least 4 members (excludes halogenated alkanes) is 1. The number of rotatable bonds is 11. The van der Waals surface area contributed by atoms with Crippen LogP contribution in [0.3, 0.4) is 0 Å². The van der Waals surface area contributed by atoms with Crippen LogP contribution in [0.2, 0.25) is 0 Å². The lowest BCUT2D eigenvalue weighted by Gasteiger charge is -2.20. The van der Waals surface area contributed by atoms with Gasteiger partial charge in [-0.05, 0) is 53.6 Å². The fourth-order valence-electron chi connectivity index (χ4n) is 1.61. The monoisotopic (exact) mass is 287 g/mol. The molecule has 6 nitrogen and oxygen atoms in total. The van der Waals surface area contributed by atoms with Gasteiger partial charge in [0.1, 0.15) is 0 Å². The highest BCUT2D eigenvalue weighted by Crippen LogP contribution is 1.97. The molecule has 0 rings (SSSR count). The SMILES string of the molecule is CCOCCCN=C(NN)NCCCCN(C)C(C)C. The van der Waals surface area contributed by atoms with Crippen LogP contribution in [0, 0.1) is 0 Å². The molecule has 0 aromatic carbocycles. The van der Waals surface area contributed by atoms with Crippen molar-refractivity contribution < 1.29 is 4.74 Å². The van der Waals surface area contributed by atoms with Crippen molar-refractivity contribution in [2.24, 2.45) is 10.8 Å². The molecule has 0 aliphatic rings. The van der Waals surface area contributed by atoms with Gasteiger partial charge in [0.05, 0.1) is 0 Å². The van der Waals surface area contributed by atoms with E-state index in [1.54, 1.807) is 0 Å². The number of ether oxygens (including phenoxy) is 1. The topological polar surface area (TPSA) is 74.9 Å². The molecule has 0 radical (unpaired) electrons. The van der Waals surface area contributed by atoms with Gasteiger partial charge in [-0.3, -0.25) is 10.4 Å². The molecule has 0 heterocycles. The van der Waals surface area contributed by atoms with Gasteiger partial charge in [-0.15, -0.1) is 0 Å². The third-order valence-electron chi connectivity index (χ3n) is 3.17. The Labute approximate surface area is 124 Å². The summed E-state index contributed by atoms with van der Waals surface area (Å²) in [5.74, 6) is 6.10. The van der Waals surface area contributed by atoms with Crippen LogP contribution in [0.1, 0.15) is 40.0 Å². The van der Waals surface area contributed by atoms with Gasteiger partial charge < -0.3 is 15.0 Å². The van der Waals surface area contributed by atoms with Crippen molar-refractivity contribution in [2.75, 3.05) is 39.9 Å². The third-order valence-corrected chi connectivity index (χ3v) is 3.17. The first-order valence-corrected chi connectivity index (χ1v) is 7.64. The average molecular weight is 287 g/mol. The first kappa shape index (κ1) is 19.1. The summed E-state index contributed by atoms with van der Waals surface area (Å²) >= 11 is 0. The zero-order valence-corrected chi connectivity index (χ0v) is 13.6. The van der Waals surface area contributed by atoms with Crippen LogP contribution >= 0.6 is 0 Å². The van der Waals surface area contributed by atoms with E-state index in [0.29, 0.717) is 12.0 Å². The number of hydrogen-bond donors (Lipinski definition) is 3. The zero-order valence-electron chi connectivity index (χ0n) is 13.6. The third kappa shape index (κ3) is 11.0. The smallest absolute Gasteiger partial charge is 0.205 e. The molecule has 6 heteroatoms. The molecule has 0 aliphatic carbocycles. The normalized spacial score (nSPS) is 12.2. The first-order valence-electron chi connectivity index (χ1n) is 7.64. The lowest BCUT2D eigenvalue weighted by molar-refractivity contribution is 0.146. The second kappa shape index (κ2) is 13.1. The number of guanidine groups is 1. The summed E-state index contributed by atoms with van der Waals surface area (Å²) in [6, 6.07) is 0.608. The summed E-state index contributed by atoms with van der Waals surface area (Å²) in [4.78, 5) is 6.71. The first-order chi connectivity index (χ1) is 9.61. The minimum atomic E-state index is 0.608. The quantitative estimate of drug-likeness (QED) is 0.173. The Hall–Kier alpha value is -0.850. The molecule has 0 aliphatic heterocycles. The van der Waals surface area contributed by atoms with E-state index >= 15 is 0 Å². The van der Waals surface area contributed by atoms with E-state index in [4.69, 9.17) is 10.6 Å². The number of nitrogens with two attached hydrogens (primary N) is 1. The second-order valence-corrected chi connectivity index (χ2v) is 5.13. The van der Waals surface area contributed by atoms with Crippen molar-refractivity contribution in [2.45, 2.75) is 46.1 Å². The fourth-order valence-corrected chi connectivity index (χ4v) is 1.61. The van der Waals surface area contributed by atoms with Crippen molar-refractivity contribution >= 4 is 5.96 Å². The van der Waals surface area contributed by atoms with Crippen LogP contribution in [0.5, 0.6) is 0 Å². The molecule has 0 aromatic heterocycles. The van der Waals surface area contributed by atoms with E-state index in [9.17, 15) is 0 Å². The average Bonchev–Trinajstić information content (AvgIpc) is 2.44. The summed E-state index contributed by atoms with van der Waals surface area (Å²) in [5.41, 5.74) is 2.60. The summed E-state index contributed by atoms with van der Waals surface area (Å²) in [6.45, 7) is 10.7. The Morgan fingerprint density at radius 3 is 2.65 bits per heavy atom. The molecule has 0 unspecified atom stereocenters. The predicted octanol–water partition coefficient (Wildman–Crippen LogP) is 0.942. The molecule has 0 bridgehead atoms. The van der Waals surface area contributed by atoms with Crippen molar-refractivity contribution in [1.29, 1.82) is 0 Å². The zero-order chi connectivity index (χ0) is 15.2. The Bertz CT molecular complexity index is 246. The maximum Gasteiger partial charge on any atom is 0.205 e. The molecular formula is C14H33N5O. The summed E-state index contributed by atoms with van der Waals surface area (Å²) in [7, 11) is 2.16. The van der Waals surface area contributed by atoms with E-state index in [-0.39, 0.29) is 0 Å². The Morgan fingerprint density at radius 2 is 2.05 bits per heavy atom. The van der Waals surface area contributed by atoms with Crippen LogP contribution in [-0.4, -0.2) is 56.8 Å². The molecular weight excluding hydrogens is 254 g/mol. The summed E-state index contributed by atoms with van der Waals surface area (Å²) in [5, 5.41) is 3.22. The van der Waals surface area contributed by atoms with Gasteiger partial charge in [-0.1, -0.05) is 0 Å². The Kier molecular flexibility index (Phi) is 12.6. The molecule has 20 heavy (non-hydrogen) atoms. The van der Waals surface area contributed by atoms with Crippen LogP contribution in [-0.2, 0) is 4.74 Å². The van der Waals surface area contributed by atoms with Gasteiger partial charge >= 0.3 is 0 Å². The molecule has 0 saturated carbocycles. The van der Waals surface area contributed by atoms with E-state index in [2.05, 4.69) is 41.5 Å². The maximum absolute atomic E-state index is 5.43. The minimum absolute atomic E-state index is 0.608. The number of nitrogens with one attached hydrogen (secondary N) is 2. The van der Waals surface area contributed by atoms with Crippen LogP contribution in [0.15, 0.2) is 4.99 Å². The number of aliphatic imine (C=N–C) groups is 1. The van der Waals surface area contributed by atoms with Gasteiger partial charge in [-0.25, -0.2) is 5.84 Å². The van der Waals surface area contributed by atoms with Crippen LogP contribution < -0.4 is 16.6 Å². The molecule has 120 valence electrons. The largest absolute Gasteiger partial charge is 0.382 e. The fraction of sp³-hybridized carbons (Fsp3) is 0.929. The minimum Gasteiger partial charge on any atom is -0.382 e. The molecule has 4 N–H and O–H groups in total. The number of hydrazine groups is 1. The highest BCUT2D eigenvalue weighted by Gasteiger charge is 2.02. The molecule has 0 spiro atoms. The van der Waals surface area contributed by atoms with E-state index < -0.39 is 0 Å². The lowest BCUT2D eigenvalue weighted by Crippen LogP contribution is -2.42. The molecule has 0 fully saturated rings. The van der Waals surface area contributed by atoms with Gasteiger partial charge in [0.15, 0.2) is 0 Å². The standard InChI is InChI=1S/C14H33N5O/c1-5-20-12-8-10-17-14(18-15)16-9-6-7-11-19(4)13(2)3/h13H,5-12,15H2,1-4H3,(H2,16,17,18). The van der Waals surface area contributed by atoms with E-state index in [1.165, 1.54) is 6.42 Å².